The molecule has 3 N–H and O–H groups in total. The molecule has 3 fully saturated rings. The number of ether oxygens (including phenoxy) is 1. The van der Waals surface area contributed by atoms with E-state index in [1.165, 1.54) is 0 Å². The van der Waals surface area contributed by atoms with Gasteiger partial charge in [-0.25, -0.2) is 10.4 Å². The summed E-state index contributed by atoms with van der Waals surface area (Å²) in [6.45, 7) is 3.80. The number of nitrogens with one attached hydrogen (secondary N) is 3. The lowest BCUT2D eigenvalue weighted by Crippen LogP contribution is -2.56. The van der Waals surface area contributed by atoms with Crippen molar-refractivity contribution in [2.75, 3.05) is 25.1 Å². The van der Waals surface area contributed by atoms with Gasteiger partial charge in [-0.1, -0.05) is 12.1 Å². The first-order valence-electron chi connectivity index (χ1n) is 11.2. The van der Waals surface area contributed by atoms with Crippen molar-refractivity contribution in [1.82, 2.24) is 30.7 Å². The summed E-state index contributed by atoms with van der Waals surface area (Å²) in [5.41, 5.74) is 5.53. The molecule has 0 aliphatic carbocycles. The zero-order valence-corrected chi connectivity index (χ0v) is 18.0. The lowest BCUT2D eigenvalue weighted by atomic mass is 9.88. The lowest BCUT2D eigenvalue weighted by molar-refractivity contribution is -0.128. The maximum Gasteiger partial charge on any atom is 0.228 e. The van der Waals surface area contributed by atoms with Crippen LogP contribution in [0.25, 0.3) is 0 Å². The Bertz CT molecular complexity index is 973. The molecule has 10 nitrogen and oxygen atoms in total. The van der Waals surface area contributed by atoms with E-state index in [0.29, 0.717) is 26.2 Å². The molecule has 1 aromatic heterocycles. The van der Waals surface area contributed by atoms with Crippen LogP contribution >= 0.6 is 0 Å². The minimum atomic E-state index is -0.266. The summed E-state index contributed by atoms with van der Waals surface area (Å²) in [4.78, 5) is 14.5. The second-order valence-corrected chi connectivity index (χ2v) is 8.65. The number of anilines is 1. The molecule has 2 aromatic rings. The highest BCUT2D eigenvalue weighted by Gasteiger charge is 2.51. The smallest absolute Gasteiger partial charge is 0.228 e. The highest BCUT2D eigenvalue weighted by atomic mass is 16.5. The van der Waals surface area contributed by atoms with Gasteiger partial charge in [-0.2, -0.15) is 20.3 Å². The Morgan fingerprint density at radius 2 is 2.00 bits per heavy atom. The van der Waals surface area contributed by atoms with Crippen molar-refractivity contribution in [1.29, 1.82) is 5.26 Å². The maximum atomic E-state index is 12.8. The van der Waals surface area contributed by atoms with Gasteiger partial charge >= 0.3 is 0 Å². The topological polar surface area (TPSA) is 120 Å². The van der Waals surface area contributed by atoms with E-state index in [9.17, 15) is 10.1 Å². The molecule has 4 heterocycles. The summed E-state index contributed by atoms with van der Waals surface area (Å²) in [5, 5.41) is 26.7. The third kappa shape index (κ3) is 3.83. The summed E-state index contributed by atoms with van der Waals surface area (Å²) >= 11 is 0. The van der Waals surface area contributed by atoms with Crippen LogP contribution in [0.4, 0.5) is 5.69 Å². The number of fused-ring (bicyclic) bond motifs is 1. The van der Waals surface area contributed by atoms with Crippen molar-refractivity contribution >= 4 is 11.6 Å². The van der Waals surface area contributed by atoms with Crippen molar-refractivity contribution in [3.05, 3.63) is 42.2 Å². The Morgan fingerprint density at radius 3 is 2.75 bits per heavy atom. The minimum absolute atomic E-state index is 0.0222. The van der Waals surface area contributed by atoms with Crippen molar-refractivity contribution in [3.63, 3.8) is 0 Å². The number of nitrogens with zero attached hydrogens (tertiary/aromatic N) is 5. The standard InChI is InChI=1S/C22H28N8O2/c1-14(30-25-9-10-26-30)15-2-4-17(5-3-15)27-21-20-18(6-8-24-22(20)31)29(28-21)19-13-32-11-7-16(19)12-23/h2-5,9-10,14,16,18-21,27-28H,6-8,11,13H2,1H3,(H,24,31)/t14?,16-,18?,19+,20?,21?/m1/s1. The third-order valence-corrected chi connectivity index (χ3v) is 6.81. The van der Waals surface area contributed by atoms with Gasteiger partial charge < -0.3 is 15.4 Å². The highest BCUT2D eigenvalue weighted by molar-refractivity contribution is 5.82. The number of hydrogen-bond donors (Lipinski definition) is 3. The number of amides is 1. The molecule has 0 bridgehead atoms. The van der Waals surface area contributed by atoms with Crippen LogP contribution in [0, 0.1) is 23.2 Å². The normalized spacial score (nSPS) is 31.4. The van der Waals surface area contributed by atoms with Gasteiger partial charge in [-0.15, -0.1) is 0 Å². The molecule has 32 heavy (non-hydrogen) atoms. The number of carbonyl (C=O) groups is 1. The molecular formula is C22H28N8O2. The van der Waals surface area contributed by atoms with Crippen LogP contribution in [0.2, 0.25) is 0 Å². The number of hydrazine groups is 1. The Morgan fingerprint density at radius 1 is 1.22 bits per heavy atom. The zero-order valence-electron chi connectivity index (χ0n) is 18.0. The summed E-state index contributed by atoms with van der Waals surface area (Å²) in [6, 6.07) is 10.5. The Hall–Kier alpha value is -3.00. The number of hydrogen-bond acceptors (Lipinski definition) is 8. The van der Waals surface area contributed by atoms with Crippen LogP contribution in [0.15, 0.2) is 36.7 Å². The van der Waals surface area contributed by atoms with Crippen LogP contribution in [-0.2, 0) is 9.53 Å². The fourth-order valence-corrected chi connectivity index (χ4v) is 5.05. The molecule has 10 heteroatoms. The van der Waals surface area contributed by atoms with Crippen LogP contribution in [0.1, 0.15) is 31.4 Å². The maximum absolute atomic E-state index is 12.8. The highest BCUT2D eigenvalue weighted by Crippen LogP contribution is 2.33. The molecule has 168 valence electrons. The number of nitriles is 1. The van der Waals surface area contributed by atoms with Gasteiger partial charge in [0.1, 0.15) is 6.17 Å². The quantitative estimate of drug-likeness (QED) is 0.632. The van der Waals surface area contributed by atoms with Crippen LogP contribution < -0.4 is 16.1 Å². The molecule has 3 saturated heterocycles. The molecule has 1 amide bonds. The van der Waals surface area contributed by atoms with Gasteiger partial charge in [0.15, 0.2) is 0 Å². The zero-order chi connectivity index (χ0) is 22.1. The van der Waals surface area contributed by atoms with Crippen molar-refractivity contribution in [2.45, 2.75) is 44.1 Å². The van der Waals surface area contributed by atoms with E-state index in [4.69, 9.17) is 4.74 Å². The van der Waals surface area contributed by atoms with E-state index in [0.717, 1.165) is 17.7 Å². The molecule has 0 spiro atoms. The first-order chi connectivity index (χ1) is 15.7. The summed E-state index contributed by atoms with van der Waals surface area (Å²) in [6.07, 6.45) is 4.63. The molecule has 3 aliphatic rings. The van der Waals surface area contributed by atoms with E-state index in [1.807, 2.05) is 31.2 Å². The first-order valence-corrected chi connectivity index (χ1v) is 11.2. The summed E-state index contributed by atoms with van der Waals surface area (Å²) in [7, 11) is 0. The second kappa shape index (κ2) is 8.86. The van der Waals surface area contributed by atoms with E-state index in [1.54, 1.807) is 17.2 Å². The molecule has 6 atom stereocenters. The molecule has 0 radical (unpaired) electrons. The average molecular weight is 437 g/mol. The summed E-state index contributed by atoms with van der Waals surface area (Å²) < 4.78 is 5.69. The number of carbonyl (C=O) groups excluding carboxylic acids is 1. The predicted molar refractivity (Wildman–Crippen MR) is 116 cm³/mol. The van der Waals surface area contributed by atoms with Gasteiger partial charge in [0.05, 0.1) is 49.0 Å². The fraction of sp³-hybridized carbons (Fsp3) is 0.545. The molecular weight excluding hydrogens is 408 g/mol. The predicted octanol–water partition coefficient (Wildman–Crippen LogP) is 0.879. The third-order valence-electron chi connectivity index (χ3n) is 6.81. The lowest BCUT2D eigenvalue weighted by Gasteiger charge is -2.39. The molecule has 1 aromatic carbocycles. The van der Waals surface area contributed by atoms with Crippen LogP contribution in [0.3, 0.4) is 0 Å². The first kappa shape index (κ1) is 20.9. The fourth-order valence-electron chi connectivity index (χ4n) is 5.05. The van der Waals surface area contributed by atoms with Gasteiger partial charge in [0.25, 0.3) is 0 Å². The van der Waals surface area contributed by atoms with E-state index >= 15 is 0 Å². The molecule has 4 unspecified atom stereocenters. The SMILES string of the molecule is CC(c1ccc(NC2NN([C@H]3COCC[C@@H]3C#N)C3CCNC(=O)C23)cc1)n1nccn1. The number of benzene rings is 1. The molecule has 3 aliphatic heterocycles. The van der Waals surface area contributed by atoms with Crippen molar-refractivity contribution in [3.8, 4) is 6.07 Å². The van der Waals surface area contributed by atoms with Gasteiger partial charge in [-0.05, 0) is 37.5 Å². The number of aromatic nitrogens is 3. The second-order valence-electron chi connectivity index (χ2n) is 8.65. The van der Waals surface area contributed by atoms with Gasteiger partial charge in [0.2, 0.25) is 5.91 Å². The Balaban J connectivity index is 1.33. The Kier molecular flexibility index (Phi) is 5.78. The summed E-state index contributed by atoms with van der Waals surface area (Å²) in [5.74, 6) is -0.330. The van der Waals surface area contributed by atoms with E-state index < -0.39 is 0 Å². The largest absolute Gasteiger partial charge is 0.380 e. The van der Waals surface area contributed by atoms with Gasteiger partial charge in [0, 0.05) is 24.9 Å². The van der Waals surface area contributed by atoms with E-state index in [-0.39, 0.29) is 42.0 Å². The minimum Gasteiger partial charge on any atom is -0.380 e. The molecule has 5 rings (SSSR count). The number of piperidine rings is 1. The van der Waals surface area contributed by atoms with Crippen LogP contribution in [0.5, 0.6) is 0 Å². The Labute approximate surface area is 186 Å². The monoisotopic (exact) mass is 436 g/mol. The van der Waals surface area contributed by atoms with Crippen molar-refractivity contribution < 1.29 is 9.53 Å². The van der Waals surface area contributed by atoms with Crippen molar-refractivity contribution in [2.24, 2.45) is 11.8 Å². The van der Waals surface area contributed by atoms with Gasteiger partial charge in [-0.3, -0.25) is 4.79 Å². The van der Waals surface area contributed by atoms with Crippen LogP contribution in [-0.4, -0.2) is 63.9 Å². The number of rotatable bonds is 5. The van der Waals surface area contributed by atoms with E-state index in [2.05, 4.69) is 37.3 Å². The molecule has 0 saturated carbocycles. The average Bonchev–Trinajstić information content (AvgIpc) is 3.48.